The van der Waals surface area contributed by atoms with Gasteiger partial charge in [0.05, 0.1) is 0 Å². The Labute approximate surface area is 348 Å². The van der Waals surface area contributed by atoms with Crippen molar-refractivity contribution in [2.75, 3.05) is 10.6 Å². The van der Waals surface area contributed by atoms with Gasteiger partial charge in [0, 0.05) is 27.3 Å². The maximum Gasteiger partial charge on any atom is 0.349 e. The summed E-state index contributed by atoms with van der Waals surface area (Å²) in [4.78, 5) is 60.9. The van der Waals surface area contributed by atoms with Gasteiger partial charge in [0.2, 0.25) is 0 Å². The lowest BCUT2D eigenvalue weighted by atomic mass is 9.95. The molecule has 0 unspecified atom stereocenters. The molecule has 0 saturated carbocycles. The van der Waals surface area contributed by atoms with Gasteiger partial charge in [-0.1, -0.05) is 103 Å². The quantitative estimate of drug-likeness (QED) is 0.114. The Morgan fingerprint density at radius 1 is 0.567 bits per heavy atom. The number of esters is 2. The van der Waals surface area contributed by atoms with Crippen LogP contribution in [-0.4, -0.2) is 28.7 Å². The molecule has 4 heterocycles. The van der Waals surface area contributed by atoms with Crippen molar-refractivity contribution < 1.29 is 32.7 Å². The highest BCUT2D eigenvalue weighted by Gasteiger charge is 2.31. The van der Waals surface area contributed by atoms with E-state index in [1.54, 1.807) is 47.2 Å². The van der Waals surface area contributed by atoms with Crippen molar-refractivity contribution in [3.63, 3.8) is 0 Å². The number of amides is 2. The number of aromatic nitrogens is 1. The number of rotatable bonds is 8. The van der Waals surface area contributed by atoms with Gasteiger partial charge in [-0.2, -0.15) is 0 Å². The molecule has 10 aromatic rings. The molecule has 60 heavy (non-hydrogen) atoms. The zero-order valence-corrected chi connectivity index (χ0v) is 33.1. The summed E-state index contributed by atoms with van der Waals surface area (Å²) >= 11 is 2.21. The van der Waals surface area contributed by atoms with Gasteiger partial charge in [-0.25, -0.2) is 14.6 Å². The second kappa shape index (κ2) is 14.9. The summed E-state index contributed by atoms with van der Waals surface area (Å²) in [6, 6.07) is 41.0. The number of nitrogens with zero attached hydrogens (tertiary/aromatic N) is 1. The Kier molecular flexibility index (Phi) is 9.12. The summed E-state index contributed by atoms with van der Waals surface area (Å²) in [5.41, 5.74) is 4.67. The number of nitrogens with one attached hydrogen (secondary N) is 2. The predicted molar refractivity (Wildman–Crippen MR) is 235 cm³/mol. The summed E-state index contributed by atoms with van der Waals surface area (Å²) in [6.07, 6.45) is 0. The SMILES string of the molecule is Cc1ccc(-c2csc(NC(=O)c3cc4ccccc4o3)c2C(=O)OC(=O)c2c(-c3ccc4ccccc4c3)csc2NC(=O)c2nc3ccccc3o2)c2ccccc12. The molecule has 4 aromatic heterocycles. The highest BCUT2D eigenvalue weighted by molar-refractivity contribution is 7.15. The van der Waals surface area contributed by atoms with Crippen molar-refractivity contribution in [3.05, 3.63) is 173 Å². The maximum atomic E-state index is 14.6. The molecule has 290 valence electrons. The zero-order chi connectivity index (χ0) is 40.9. The van der Waals surface area contributed by atoms with Crippen molar-refractivity contribution in [2.45, 2.75) is 6.92 Å². The van der Waals surface area contributed by atoms with Crippen LogP contribution in [0.1, 0.15) is 47.5 Å². The van der Waals surface area contributed by atoms with Crippen LogP contribution in [0.4, 0.5) is 10.0 Å². The fraction of sp³-hybridized carbons (Fsp3) is 0.0208. The van der Waals surface area contributed by atoms with Gasteiger partial charge in [0.15, 0.2) is 11.3 Å². The number of hydrogen-bond donors (Lipinski definition) is 2. The van der Waals surface area contributed by atoms with Crippen molar-refractivity contribution in [2.24, 2.45) is 0 Å². The minimum absolute atomic E-state index is 0.0219. The minimum Gasteiger partial charge on any atom is -0.451 e. The second-order valence-corrected chi connectivity index (χ2v) is 15.7. The summed E-state index contributed by atoms with van der Waals surface area (Å²) in [5, 5.41) is 13.9. The van der Waals surface area contributed by atoms with Gasteiger partial charge in [-0.05, 0) is 75.5 Å². The first-order chi connectivity index (χ1) is 29.3. The van der Waals surface area contributed by atoms with Gasteiger partial charge >= 0.3 is 17.8 Å². The van der Waals surface area contributed by atoms with Crippen LogP contribution >= 0.6 is 22.7 Å². The van der Waals surface area contributed by atoms with Crippen LogP contribution < -0.4 is 10.6 Å². The van der Waals surface area contributed by atoms with Crippen molar-refractivity contribution in [3.8, 4) is 22.3 Å². The van der Waals surface area contributed by atoms with Gasteiger partial charge in [0.1, 0.15) is 32.2 Å². The minimum atomic E-state index is -1.02. The third-order valence-corrected chi connectivity index (χ3v) is 12.1. The van der Waals surface area contributed by atoms with E-state index < -0.39 is 23.8 Å². The van der Waals surface area contributed by atoms with E-state index >= 15 is 0 Å². The fourth-order valence-corrected chi connectivity index (χ4v) is 9.22. The lowest BCUT2D eigenvalue weighted by Crippen LogP contribution is -2.19. The third kappa shape index (κ3) is 6.59. The number of oxazole rings is 1. The van der Waals surface area contributed by atoms with Crippen LogP contribution in [0.25, 0.3) is 65.9 Å². The van der Waals surface area contributed by atoms with Gasteiger partial charge in [-0.15, -0.1) is 22.7 Å². The number of benzene rings is 6. The van der Waals surface area contributed by atoms with Crippen LogP contribution in [-0.2, 0) is 4.74 Å². The van der Waals surface area contributed by atoms with E-state index in [-0.39, 0.29) is 32.8 Å². The van der Waals surface area contributed by atoms with E-state index in [9.17, 15) is 19.2 Å². The number of furan rings is 1. The second-order valence-electron chi connectivity index (χ2n) is 14.0. The van der Waals surface area contributed by atoms with E-state index in [1.807, 2.05) is 104 Å². The molecule has 0 saturated heterocycles. The summed E-state index contributed by atoms with van der Waals surface area (Å²) < 4.78 is 17.4. The average molecular weight is 824 g/mol. The molecule has 10 rings (SSSR count). The number of fused-ring (bicyclic) bond motifs is 4. The number of aryl methyl sites for hydroxylation is 1. The molecular weight excluding hydrogens is 795 g/mol. The Morgan fingerprint density at radius 2 is 1.20 bits per heavy atom. The highest BCUT2D eigenvalue weighted by Crippen LogP contribution is 2.42. The first-order valence-electron chi connectivity index (χ1n) is 18.7. The molecule has 10 nitrogen and oxygen atoms in total. The van der Waals surface area contributed by atoms with E-state index in [1.165, 1.54) is 0 Å². The molecule has 0 spiro atoms. The lowest BCUT2D eigenvalue weighted by molar-refractivity contribution is 0.0401. The third-order valence-electron chi connectivity index (χ3n) is 10.3. The Hall–Kier alpha value is -7.67. The number of anilines is 2. The molecule has 0 atom stereocenters. The zero-order valence-electron chi connectivity index (χ0n) is 31.5. The van der Waals surface area contributed by atoms with Crippen LogP contribution in [0, 0.1) is 6.92 Å². The molecule has 0 bridgehead atoms. The largest absolute Gasteiger partial charge is 0.451 e. The Balaban J connectivity index is 1.05. The maximum absolute atomic E-state index is 14.6. The van der Waals surface area contributed by atoms with Crippen LogP contribution in [0.2, 0.25) is 0 Å². The Morgan fingerprint density at radius 3 is 1.97 bits per heavy atom. The number of ether oxygens (including phenoxy) is 1. The van der Waals surface area contributed by atoms with Crippen LogP contribution in [0.15, 0.2) is 153 Å². The molecule has 2 amide bonds. The van der Waals surface area contributed by atoms with Crippen molar-refractivity contribution in [1.29, 1.82) is 0 Å². The number of thiophene rings is 2. The number of para-hydroxylation sites is 3. The molecule has 2 N–H and O–H groups in total. The molecular formula is C48H29N3O7S2. The summed E-state index contributed by atoms with van der Waals surface area (Å²) in [5.74, 6) is -3.47. The molecule has 0 aliphatic rings. The molecule has 0 fully saturated rings. The number of hydrogen-bond acceptors (Lipinski definition) is 10. The number of carbonyl (C=O) groups is 4. The van der Waals surface area contributed by atoms with E-state index in [2.05, 4.69) is 15.6 Å². The van der Waals surface area contributed by atoms with Gasteiger partial charge in [0.25, 0.3) is 11.8 Å². The smallest absolute Gasteiger partial charge is 0.349 e. The summed E-state index contributed by atoms with van der Waals surface area (Å²) in [7, 11) is 0. The van der Waals surface area contributed by atoms with Gasteiger partial charge < -0.3 is 24.2 Å². The average Bonchev–Trinajstić information content (AvgIpc) is 4.09. The van der Waals surface area contributed by atoms with E-state index in [0.29, 0.717) is 38.9 Å². The topological polar surface area (TPSA) is 141 Å². The first-order valence-corrected chi connectivity index (χ1v) is 20.5. The molecule has 0 aliphatic carbocycles. The van der Waals surface area contributed by atoms with Crippen molar-refractivity contribution in [1.82, 2.24) is 4.98 Å². The molecule has 12 heteroatoms. The lowest BCUT2D eigenvalue weighted by Gasteiger charge is -2.12. The van der Waals surface area contributed by atoms with Crippen LogP contribution in [0.3, 0.4) is 0 Å². The summed E-state index contributed by atoms with van der Waals surface area (Å²) in [6.45, 7) is 2.00. The van der Waals surface area contributed by atoms with E-state index in [4.69, 9.17) is 13.6 Å². The molecule has 0 radical (unpaired) electrons. The fourth-order valence-electron chi connectivity index (χ4n) is 7.33. The normalized spacial score (nSPS) is 11.3. The monoisotopic (exact) mass is 823 g/mol. The van der Waals surface area contributed by atoms with E-state index in [0.717, 1.165) is 55.2 Å². The van der Waals surface area contributed by atoms with Crippen molar-refractivity contribution >= 4 is 100 Å². The highest BCUT2D eigenvalue weighted by atomic mass is 32.1. The van der Waals surface area contributed by atoms with Gasteiger partial charge in [-0.3, -0.25) is 9.59 Å². The Bertz CT molecular complexity index is 3310. The van der Waals surface area contributed by atoms with Crippen LogP contribution in [0.5, 0.6) is 0 Å². The standard InChI is InChI=1S/C48H29N3O7S2/c1-26-18-21-33(32-14-6-5-13-31(26)32)35-25-60-46(50-42(52)39-23-30-12-4-8-16-37(30)56-39)41(35)48(55)58-47(54)40-34(29-20-19-27-10-2-3-11-28(27)22-29)24-59-45(40)51-43(53)44-49-36-15-7-9-17-38(36)57-44/h2-25H,1H3,(H,50,52)(H,51,53). The molecule has 6 aromatic carbocycles. The first kappa shape index (κ1) is 36.7. The molecule has 0 aliphatic heterocycles. The predicted octanol–water partition coefficient (Wildman–Crippen LogP) is 12.1. The number of carbonyl (C=O) groups excluding carboxylic acids is 4.